The lowest BCUT2D eigenvalue weighted by Gasteiger charge is -2.22. The van der Waals surface area contributed by atoms with Gasteiger partial charge in [-0.25, -0.2) is 8.42 Å². The molecule has 3 rings (SSSR count). The van der Waals surface area contributed by atoms with E-state index in [0.717, 1.165) is 11.8 Å². The number of sulfonamides is 1. The van der Waals surface area contributed by atoms with Gasteiger partial charge < -0.3 is 9.80 Å². The first-order valence-corrected chi connectivity index (χ1v) is 11.4. The van der Waals surface area contributed by atoms with Crippen LogP contribution in [0.4, 0.5) is 5.69 Å². The Kier molecular flexibility index (Phi) is 6.22. The molecule has 1 fully saturated rings. The van der Waals surface area contributed by atoms with Gasteiger partial charge in [-0.2, -0.15) is 0 Å². The number of amides is 2. The summed E-state index contributed by atoms with van der Waals surface area (Å²) in [4.78, 5) is 29.1. The van der Waals surface area contributed by atoms with Crippen molar-refractivity contribution in [2.75, 3.05) is 37.2 Å². The molecule has 1 aliphatic heterocycles. The molecular formula is C21H25N3O4S. The quantitative estimate of drug-likeness (QED) is 0.831. The number of carbonyl (C=O) groups is 2. The monoisotopic (exact) mass is 415 g/mol. The number of hydrogen-bond donors (Lipinski definition) is 1. The normalized spacial score (nSPS) is 15.0. The van der Waals surface area contributed by atoms with Gasteiger partial charge in [-0.15, -0.1) is 0 Å². The van der Waals surface area contributed by atoms with Gasteiger partial charge in [0.25, 0.3) is 11.8 Å². The van der Waals surface area contributed by atoms with E-state index in [9.17, 15) is 18.0 Å². The molecule has 0 atom stereocenters. The highest BCUT2D eigenvalue weighted by atomic mass is 32.2. The highest BCUT2D eigenvalue weighted by Gasteiger charge is 2.23. The molecule has 0 radical (unpaired) electrons. The minimum absolute atomic E-state index is 0.0146. The Morgan fingerprint density at radius 1 is 0.862 bits per heavy atom. The highest BCUT2D eigenvalue weighted by Crippen LogP contribution is 2.15. The van der Waals surface area contributed by atoms with E-state index in [1.807, 2.05) is 31.2 Å². The summed E-state index contributed by atoms with van der Waals surface area (Å²) in [5.74, 6) is -0.139. The van der Waals surface area contributed by atoms with Crippen molar-refractivity contribution in [3.8, 4) is 0 Å². The smallest absolute Gasteiger partial charge is 0.253 e. The van der Waals surface area contributed by atoms with Crippen molar-refractivity contribution in [3.05, 3.63) is 65.2 Å². The van der Waals surface area contributed by atoms with Gasteiger partial charge >= 0.3 is 0 Å². The molecule has 2 aromatic rings. The first kappa shape index (κ1) is 20.9. The number of nitrogens with one attached hydrogen (secondary N) is 1. The maximum absolute atomic E-state index is 12.8. The molecule has 1 N–H and O–H groups in total. The Morgan fingerprint density at radius 3 is 2.00 bits per heavy atom. The Labute approximate surface area is 171 Å². The van der Waals surface area contributed by atoms with Gasteiger partial charge in [0.15, 0.2) is 0 Å². The van der Waals surface area contributed by atoms with E-state index < -0.39 is 10.0 Å². The fraction of sp³-hybridized carbons (Fsp3) is 0.333. The SMILES string of the molecule is Cc1cccc(C(=O)N2CCCN(C(=O)c3ccc(NS(C)(=O)=O)cc3)CC2)c1. The molecule has 1 aliphatic rings. The molecular weight excluding hydrogens is 390 g/mol. The third-order valence-electron chi connectivity index (χ3n) is 4.77. The van der Waals surface area contributed by atoms with Gasteiger partial charge in [0, 0.05) is 43.0 Å². The van der Waals surface area contributed by atoms with Crippen molar-refractivity contribution in [2.24, 2.45) is 0 Å². The number of anilines is 1. The predicted molar refractivity (Wildman–Crippen MR) is 113 cm³/mol. The fourth-order valence-electron chi connectivity index (χ4n) is 3.36. The Bertz CT molecular complexity index is 1000. The Balaban J connectivity index is 1.64. The molecule has 2 aromatic carbocycles. The van der Waals surface area contributed by atoms with Crippen LogP contribution in [0.3, 0.4) is 0 Å². The topological polar surface area (TPSA) is 86.8 Å². The van der Waals surface area contributed by atoms with E-state index in [2.05, 4.69) is 4.72 Å². The van der Waals surface area contributed by atoms with E-state index in [0.29, 0.717) is 49.4 Å². The van der Waals surface area contributed by atoms with Gasteiger partial charge in [-0.3, -0.25) is 14.3 Å². The minimum atomic E-state index is -3.36. The molecule has 7 nitrogen and oxygen atoms in total. The molecule has 2 amide bonds. The van der Waals surface area contributed by atoms with Crippen molar-refractivity contribution in [1.82, 2.24) is 9.80 Å². The van der Waals surface area contributed by atoms with Crippen LogP contribution in [0.2, 0.25) is 0 Å². The van der Waals surface area contributed by atoms with Crippen LogP contribution in [0.5, 0.6) is 0 Å². The summed E-state index contributed by atoms with van der Waals surface area (Å²) in [7, 11) is -3.36. The van der Waals surface area contributed by atoms with Gasteiger partial charge in [0.05, 0.1) is 6.26 Å². The summed E-state index contributed by atoms with van der Waals surface area (Å²) < 4.78 is 25.0. The van der Waals surface area contributed by atoms with Crippen LogP contribution >= 0.6 is 0 Å². The van der Waals surface area contributed by atoms with Crippen molar-refractivity contribution in [1.29, 1.82) is 0 Å². The molecule has 0 unspecified atom stereocenters. The predicted octanol–water partition coefficient (Wildman–Crippen LogP) is 2.35. The summed E-state index contributed by atoms with van der Waals surface area (Å²) >= 11 is 0. The average molecular weight is 416 g/mol. The van der Waals surface area contributed by atoms with Crippen LogP contribution in [-0.2, 0) is 10.0 Å². The van der Waals surface area contributed by atoms with Crippen molar-refractivity contribution < 1.29 is 18.0 Å². The lowest BCUT2D eigenvalue weighted by Crippen LogP contribution is -2.37. The molecule has 0 bridgehead atoms. The minimum Gasteiger partial charge on any atom is -0.337 e. The second-order valence-electron chi connectivity index (χ2n) is 7.26. The first-order chi connectivity index (χ1) is 13.7. The van der Waals surface area contributed by atoms with Crippen molar-refractivity contribution >= 4 is 27.5 Å². The van der Waals surface area contributed by atoms with E-state index in [-0.39, 0.29) is 11.8 Å². The van der Waals surface area contributed by atoms with Crippen LogP contribution < -0.4 is 4.72 Å². The summed E-state index contributed by atoms with van der Waals surface area (Å²) in [6.07, 6.45) is 1.78. The summed E-state index contributed by atoms with van der Waals surface area (Å²) in [6.45, 7) is 4.07. The maximum atomic E-state index is 12.8. The van der Waals surface area contributed by atoms with E-state index in [1.54, 1.807) is 34.1 Å². The zero-order valence-corrected chi connectivity index (χ0v) is 17.4. The molecule has 0 spiro atoms. The number of rotatable bonds is 4. The van der Waals surface area contributed by atoms with E-state index >= 15 is 0 Å². The number of nitrogens with zero attached hydrogens (tertiary/aromatic N) is 2. The van der Waals surface area contributed by atoms with E-state index in [4.69, 9.17) is 0 Å². The number of benzene rings is 2. The van der Waals surface area contributed by atoms with Crippen LogP contribution in [0, 0.1) is 6.92 Å². The highest BCUT2D eigenvalue weighted by molar-refractivity contribution is 7.92. The number of aryl methyl sites for hydroxylation is 1. The summed E-state index contributed by atoms with van der Waals surface area (Å²) in [6, 6.07) is 13.9. The van der Waals surface area contributed by atoms with Gasteiger partial charge in [0.1, 0.15) is 0 Å². The third-order valence-corrected chi connectivity index (χ3v) is 5.38. The van der Waals surface area contributed by atoms with E-state index in [1.165, 1.54) is 0 Å². The molecule has 0 aromatic heterocycles. The van der Waals surface area contributed by atoms with Crippen LogP contribution in [0.25, 0.3) is 0 Å². The maximum Gasteiger partial charge on any atom is 0.253 e. The average Bonchev–Trinajstić information content (AvgIpc) is 2.92. The lowest BCUT2D eigenvalue weighted by molar-refractivity contribution is 0.0718. The Hall–Kier alpha value is -2.87. The zero-order valence-electron chi connectivity index (χ0n) is 16.6. The van der Waals surface area contributed by atoms with Crippen LogP contribution in [0.15, 0.2) is 48.5 Å². The van der Waals surface area contributed by atoms with Gasteiger partial charge in [-0.05, 0) is 49.7 Å². The van der Waals surface area contributed by atoms with Crippen molar-refractivity contribution in [2.45, 2.75) is 13.3 Å². The molecule has 1 saturated heterocycles. The van der Waals surface area contributed by atoms with Gasteiger partial charge in [-0.1, -0.05) is 17.7 Å². The second kappa shape index (κ2) is 8.65. The van der Waals surface area contributed by atoms with Crippen molar-refractivity contribution in [3.63, 3.8) is 0 Å². The molecule has 0 aliphatic carbocycles. The largest absolute Gasteiger partial charge is 0.337 e. The molecule has 1 heterocycles. The molecule has 8 heteroatoms. The van der Waals surface area contributed by atoms with Crippen LogP contribution in [-0.4, -0.2) is 62.5 Å². The standard InChI is InChI=1S/C21H25N3O4S/c1-16-5-3-6-18(15-16)21(26)24-12-4-11-23(13-14-24)20(25)17-7-9-19(10-8-17)22-29(2,27)28/h3,5-10,15,22H,4,11-14H2,1-2H3. The number of hydrogen-bond acceptors (Lipinski definition) is 4. The number of carbonyl (C=O) groups excluding carboxylic acids is 2. The summed E-state index contributed by atoms with van der Waals surface area (Å²) in [5.41, 5.74) is 2.60. The fourth-order valence-corrected chi connectivity index (χ4v) is 3.93. The molecule has 0 saturated carbocycles. The Morgan fingerprint density at radius 2 is 1.45 bits per heavy atom. The zero-order chi connectivity index (χ0) is 21.0. The first-order valence-electron chi connectivity index (χ1n) is 9.46. The van der Waals surface area contributed by atoms with Gasteiger partial charge in [0.2, 0.25) is 10.0 Å². The second-order valence-corrected chi connectivity index (χ2v) is 9.01. The van der Waals surface area contributed by atoms with Crippen LogP contribution in [0.1, 0.15) is 32.7 Å². The molecule has 154 valence electrons. The summed E-state index contributed by atoms with van der Waals surface area (Å²) in [5, 5.41) is 0. The molecule has 29 heavy (non-hydrogen) atoms. The lowest BCUT2D eigenvalue weighted by atomic mass is 10.1. The third kappa shape index (κ3) is 5.57.